The van der Waals surface area contributed by atoms with E-state index < -0.39 is 0 Å². The Hall–Kier alpha value is -0.940. The minimum Gasteiger partial charge on any atom is -0.307 e. The molecule has 0 radical (unpaired) electrons. The van der Waals surface area contributed by atoms with Gasteiger partial charge in [-0.15, -0.1) is 0 Å². The lowest BCUT2D eigenvalue weighted by Crippen LogP contribution is -2.40. The molecule has 5 nitrogen and oxygen atoms in total. The van der Waals surface area contributed by atoms with Crippen LogP contribution in [0.15, 0.2) is 6.33 Å². The van der Waals surface area contributed by atoms with Gasteiger partial charge in [-0.3, -0.25) is 4.68 Å². The zero-order valence-corrected chi connectivity index (χ0v) is 11.1. The molecule has 1 aromatic heterocycles. The predicted octanol–water partition coefficient (Wildman–Crippen LogP) is 0.635. The number of piperidine rings is 1. The third-order valence-corrected chi connectivity index (χ3v) is 3.70. The highest BCUT2D eigenvalue weighted by molar-refractivity contribution is 4.84. The minimum atomic E-state index is 0.549. The Morgan fingerprint density at radius 1 is 1.41 bits per heavy atom. The molecule has 2 rings (SSSR count). The summed E-state index contributed by atoms with van der Waals surface area (Å²) < 4.78 is 1.75. The third-order valence-electron chi connectivity index (χ3n) is 3.70. The van der Waals surface area contributed by atoms with E-state index in [1.54, 1.807) is 11.0 Å². The molecule has 1 atom stereocenters. The fourth-order valence-corrected chi connectivity index (χ4v) is 2.41. The molecule has 0 aliphatic carbocycles. The van der Waals surface area contributed by atoms with Crippen LogP contribution in [0.5, 0.6) is 0 Å². The molecule has 1 aliphatic rings. The van der Waals surface area contributed by atoms with Crippen molar-refractivity contribution in [3.05, 3.63) is 12.2 Å². The molecule has 17 heavy (non-hydrogen) atoms. The maximum atomic E-state index is 4.27. The zero-order chi connectivity index (χ0) is 12.3. The molecule has 1 aromatic rings. The summed E-state index contributed by atoms with van der Waals surface area (Å²) in [6.07, 6.45) is 4.33. The highest BCUT2D eigenvalue weighted by Gasteiger charge is 2.21. The largest absolute Gasteiger partial charge is 0.307 e. The van der Waals surface area contributed by atoms with Crippen molar-refractivity contribution >= 4 is 0 Å². The number of likely N-dealkylation sites (tertiary alicyclic amines) is 1. The lowest BCUT2D eigenvalue weighted by atomic mass is 9.90. The average Bonchev–Trinajstić information content (AvgIpc) is 2.73. The Morgan fingerprint density at radius 3 is 2.71 bits per heavy atom. The SMILES string of the molecule is CC(NCc1ncn(C)n1)C1CCN(C)CC1. The summed E-state index contributed by atoms with van der Waals surface area (Å²) in [4.78, 5) is 6.63. The first kappa shape index (κ1) is 12.5. The van der Waals surface area contributed by atoms with Gasteiger partial charge in [0.25, 0.3) is 0 Å². The van der Waals surface area contributed by atoms with Gasteiger partial charge in [0, 0.05) is 13.1 Å². The van der Waals surface area contributed by atoms with Crippen LogP contribution in [-0.2, 0) is 13.6 Å². The van der Waals surface area contributed by atoms with Gasteiger partial charge in [-0.25, -0.2) is 4.98 Å². The maximum Gasteiger partial charge on any atom is 0.164 e. The van der Waals surface area contributed by atoms with E-state index in [2.05, 4.69) is 34.3 Å². The van der Waals surface area contributed by atoms with Crippen molar-refractivity contribution in [2.24, 2.45) is 13.0 Å². The minimum absolute atomic E-state index is 0.549. The Kier molecular flexibility index (Phi) is 4.12. The van der Waals surface area contributed by atoms with E-state index in [9.17, 15) is 0 Å². The number of aromatic nitrogens is 3. The van der Waals surface area contributed by atoms with Gasteiger partial charge in [0.2, 0.25) is 0 Å². The Balaban J connectivity index is 1.75. The van der Waals surface area contributed by atoms with Gasteiger partial charge >= 0.3 is 0 Å². The van der Waals surface area contributed by atoms with E-state index in [1.807, 2.05) is 7.05 Å². The molecule has 2 heterocycles. The second-order valence-electron chi connectivity index (χ2n) is 5.14. The first-order valence-electron chi connectivity index (χ1n) is 6.41. The van der Waals surface area contributed by atoms with Crippen LogP contribution in [0.4, 0.5) is 0 Å². The van der Waals surface area contributed by atoms with E-state index in [-0.39, 0.29) is 0 Å². The molecule has 1 fully saturated rings. The summed E-state index contributed by atoms with van der Waals surface area (Å²) in [7, 11) is 4.10. The maximum absolute atomic E-state index is 4.27. The first-order valence-corrected chi connectivity index (χ1v) is 6.41. The van der Waals surface area contributed by atoms with E-state index >= 15 is 0 Å². The van der Waals surface area contributed by atoms with Crippen molar-refractivity contribution in [1.82, 2.24) is 25.0 Å². The topological polar surface area (TPSA) is 46.0 Å². The second kappa shape index (κ2) is 5.60. The number of aryl methyl sites for hydroxylation is 1. The van der Waals surface area contributed by atoms with Gasteiger partial charge in [-0.1, -0.05) is 0 Å². The second-order valence-corrected chi connectivity index (χ2v) is 5.14. The van der Waals surface area contributed by atoms with Gasteiger partial charge in [0.15, 0.2) is 5.82 Å². The molecular weight excluding hydrogens is 214 g/mol. The highest BCUT2D eigenvalue weighted by atomic mass is 15.3. The van der Waals surface area contributed by atoms with Gasteiger partial charge in [0.05, 0.1) is 6.54 Å². The van der Waals surface area contributed by atoms with Crippen molar-refractivity contribution in [3.8, 4) is 0 Å². The normalized spacial score (nSPS) is 20.6. The summed E-state index contributed by atoms with van der Waals surface area (Å²) in [5.74, 6) is 1.67. The quantitative estimate of drug-likeness (QED) is 0.834. The molecule has 1 saturated heterocycles. The monoisotopic (exact) mass is 237 g/mol. The fourth-order valence-electron chi connectivity index (χ4n) is 2.41. The lowest BCUT2D eigenvalue weighted by molar-refractivity contribution is 0.189. The van der Waals surface area contributed by atoms with E-state index in [1.165, 1.54) is 25.9 Å². The van der Waals surface area contributed by atoms with Crippen LogP contribution in [0.25, 0.3) is 0 Å². The molecule has 0 amide bonds. The Morgan fingerprint density at radius 2 is 2.12 bits per heavy atom. The Bertz CT molecular complexity index is 340. The number of rotatable bonds is 4. The van der Waals surface area contributed by atoms with E-state index in [4.69, 9.17) is 0 Å². The number of nitrogens with one attached hydrogen (secondary N) is 1. The van der Waals surface area contributed by atoms with E-state index in [0.29, 0.717) is 6.04 Å². The van der Waals surface area contributed by atoms with E-state index in [0.717, 1.165) is 18.3 Å². The molecular formula is C12H23N5. The number of hydrogen-bond donors (Lipinski definition) is 1. The molecule has 1 N–H and O–H groups in total. The highest BCUT2D eigenvalue weighted by Crippen LogP contribution is 2.19. The van der Waals surface area contributed by atoms with Crippen LogP contribution in [-0.4, -0.2) is 45.8 Å². The number of nitrogens with zero attached hydrogens (tertiary/aromatic N) is 4. The fraction of sp³-hybridized carbons (Fsp3) is 0.833. The molecule has 96 valence electrons. The van der Waals surface area contributed by atoms with Gasteiger partial charge < -0.3 is 10.2 Å². The van der Waals surface area contributed by atoms with Crippen LogP contribution in [0, 0.1) is 5.92 Å². The zero-order valence-electron chi connectivity index (χ0n) is 11.1. The van der Waals surface area contributed by atoms with Crippen LogP contribution < -0.4 is 5.32 Å². The summed E-state index contributed by atoms with van der Waals surface area (Å²) in [6.45, 7) is 5.49. The molecule has 5 heteroatoms. The standard InChI is InChI=1S/C12H23N5/c1-10(11-4-6-16(2)7-5-11)13-8-12-14-9-17(3)15-12/h9-11,13H,4-8H2,1-3H3. The summed E-state index contributed by atoms with van der Waals surface area (Å²) in [5, 5.41) is 7.81. The molecule has 0 saturated carbocycles. The van der Waals surface area contributed by atoms with Crippen molar-refractivity contribution in [1.29, 1.82) is 0 Å². The average molecular weight is 237 g/mol. The smallest absolute Gasteiger partial charge is 0.164 e. The van der Waals surface area contributed by atoms with Crippen LogP contribution in [0.1, 0.15) is 25.6 Å². The molecule has 0 bridgehead atoms. The third kappa shape index (κ3) is 3.51. The first-order chi connectivity index (χ1) is 8.15. The number of hydrogen-bond acceptors (Lipinski definition) is 4. The summed E-state index contributed by atoms with van der Waals surface area (Å²) in [6, 6.07) is 0.549. The van der Waals surface area contributed by atoms with Crippen molar-refractivity contribution in [3.63, 3.8) is 0 Å². The predicted molar refractivity (Wildman–Crippen MR) is 67.5 cm³/mol. The van der Waals surface area contributed by atoms with Crippen LogP contribution >= 0.6 is 0 Å². The van der Waals surface area contributed by atoms with Crippen molar-refractivity contribution < 1.29 is 0 Å². The molecule has 1 unspecified atom stereocenters. The summed E-state index contributed by atoms with van der Waals surface area (Å²) in [5.41, 5.74) is 0. The van der Waals surface area contributed by atoms with Crippen LogP contribution in [0.2, 0.25) is 0 Å². The van der Waals surface area contributed by atoms with Crippen LogP contribution in [0.3, 0.4) is 0 Å². The van der Waals surface area contributed by atoms with Crippen molar-refractivity contribution in [2.45, 2.75) is 32.4 Å². The Labute approximate surface area is 103 Å². The summed E-state index contributed by atoms with van der Waals surface area (Å²) >= 11 is 0. The van der Waals surface area contributed by atoms with Gasteiger partial charge in [-0.2, -0.15) is 5.10 Å². The molecule has 0 aromatic carbocycles. The van der Waals surface area contributed by atoms with Gasteiger partial charge in [0.1, 0.15) is 6.33 Å². The van der Waals surface area contributed by atoms with Gasteiger partial charge in [-0.05, 0) is 45.8 Å². The molecule has 0 spiro atoms. The lowest BCUT2D eigenvalue weighted by Gasteiger charge is -2.33. The molecule has 1 aliphatic heterocycles. The van der Waals surface area contributed by atoms with Crippen molar-refractivity contribution in [2.75, 3.05) is 20.1 Å².